The maximum atomic E-state index is 14.3. The Morgan fingerprint density at radius 3 is 1.55 bits per heavy atom. The molecule has 0 spiro atoms. The number of rotatable bonds is 40. The summed E-state index contributed by atoms with van der Waals surface area (Å²) >= 11 is 0. The Bertz CT molecular complexity index is 2540. The van der Waals surface area contributed by atoms with Gasteiger partial charge in [0.05, 0.1) is 31.2 Å². The quantitative estimate of drug-likeness (QED) is 0.0278. The van der Waals surface area contributed by atoms with Crippen LogP contribution in [0.15, 0.2) is 42.9 Å². The molecule has 0 aliphatic rings. The van der Waals surface area contributed by atoms with Crippen molar-refractivity contribution in [2.45, 2.75) is 185 Å². The van der Waals surface area contributed by atoms with E-state index in [0.717, 1.165) is 13.8 Å². The second-order valence-corrected chi connectivity index (χ2v) is 21.1. The predicted octanol–water partition coefficient (Wildman–Crippen LogP) is -4.92. The molecule has 1 heterocycles. The van der Waals surface area contributed by atoms with Gasteiger partial charge in [0.25, 0.3) is 0 Å². The van der Waals surface area contributed by atoms with Crippen LogP contribution < -0.4 is 65.1 Å². The number of carboxylic acids is 2. The van der Waals surface area contributed by atoms with Gasteiger partial charge in [-0.3, -0.25) is 52.7 Å². The summed E-state index contributed by atoms with van der Waals surface area (Å²) in [6.07, 6.45) is -2.04. The summed E-state index contributed by atoms with van der Waals surface area (Å²) in [4.78, 5) is 166. The molecule has 10 amide bonds. The number of aliphatic hydroxyl groups is 3. The number of carboxylic acid groups (broad SMARTS) is 2. The largest absolute Gasteiger partial charge is 0.481 e. The number of nitrogens with two attached hydrogens (primary N) is 3. The normalized spacial score (nSPS) is 15.8. The van der Waals surface area contributed by atoms with E-state index >= 15 is 0 Å². The molecule has 0 bridgehead atoms. The van der Waals surface area contributed by atoms with Gasteiger partial charge in [-0.25, -0.2) is 9.78 Å². The van der Waals surface area contributed by atoms with Crippen LogP contribution in [0.25, 0.3) is 0 Å². The number of unbranched alkanes of at least 4 members (excludes halogenated alkanes) is 1. The first-order chi connectivity index (χ1) is 40.0. The Morgan fingerprint density at radius 2 is 1.04 bits per heavy atom. The Kier molecular flexibility index (Phi) is 32.0. The summed E-state index contributed by atoms with van der Waals surface area (Å²) in [5.41, 5.74) is 17.7. The number of benzene rings is 1. The van der Waals surface area contributed by atoms with Crippen molar-refractivity contribution in [2.75, 3.05) is 13.2 Å². The highest BCUT2D eigenvalue weighted by Crippen LogP contribution is 2.13. The molecular weight excluding hydrogens is 1120 g/mol. The van der Waals surface area contributed by atoms with Crippen LogP contribution in [0.1, 0.15) is 111 Å². The minimum Gasteiger partial charge on any atom is -0.481 e. The molecule has 0 saturated heterocycles. The van der Waals surface area contributed by atoms with E-state index in [1.165, 1.54) is 12.5 Å². The van der Waals surface area contributed by atoms with Crippen LogP contribution in [0.5, 0.6) is 0 Å². The van der Waals surface area contributed by atoms with Crippen molar-refractivity contribution in [1.82, 2.24) is 57.8 Å². The Hall–Kier alpha value is -8.13. The topological polar surface area (TPSA) is 521 Å². The molecule has 2 rings (SSSR count). The highest BCUT2D eigenvalue weighted by Gasteiger charge is 2.38. The zero-order chi connectivity index (χ0) is 64.1. The molecule has 0 unspecified atom stereocenters. The molecule has 85 heavy (non-hydrogen) atoms. The first-order valence-electron chi connectivity index (χ1n) is 27.9. The van der Waals surface area contributed by atoms with Gasteiger partial charge in [0, 0.05) is 37.6 Å². The number of aromatic nitrogens is 2. The number of hydrogen-bond donors (Lipinski definition) is 18. The molecule has 21 N–H and O–H groups in total. The Balaban J connectivity index is 2.45. The third-order valence-electron chi connectivity index (χ3n) is 13.5. The fourth-order valence-corrected chi connectivity index (χ4v) is 8.38. The summed E-state index contributed by atoms with van der Waals surface area (Å²) in [7, 11) is 0. The monoisotopic (exact) mass is 1200 g/mol. The van der Waals surface area contributed by atoms with Crippen molar-refractivity contribution >= 4 is 71.0 Å². The summed E-state index contributed by atoms with van der Waals surface area (Å²) < 4.78 is 0. The summed E-state index contributed by atoms with van der Waals surface area (Å²) in [6, 6.07) is -7.57. The molecule has 474 valence electrons. The molecule has 0 saturated carbocycles. The van der Waals surface area contributed by atoms with Crippen LogP contribution in [0.2, 0.25) is 0 Å². The van der Waals surface area contributed by atoms with E-state index in [2.05, 4.69) is 57.8 Å². The lowest BCUT2D eigenvalue weighted by Gasteiger charge is -2.30. The number of H-pyrrole nitrogens is 1. The van der Waals surface area contributed by atoms with Crippen LogP contribution in [-0.2, 0) is 70.4 Å². The van der Waals surface area contributed by atoms with Crippen molar-refractivity contribution in [1.29, 1.82) is 0 Å². The number of nitrogens with zero attached hydrogens (tertiary/aromatic N) is 1. The minimum atomic E-state index is -1.96. The highest BCUT2D eigenvalue weighted by molar-refractivity contribution is 5.99. The average molecular weight is 1200 g/mol. The van der Waals surface area contributed by atoms with Crippen molar-refractivity contribution in [2.24, 2.45) is 29.0 Å². The lowest BCUT2D eigenvalue weighted by atomic mass is 9.99. The van der Waals surface area contributed by atoms with Gasteiger partial charge in [-0.15, -0.1) is 0 Å². The van der Waals surface area contributed by atoms with Gasteiger partial charge in [-0.05, 0) is 76.3 Å². The van der Waals surface area contributed by atoms with Gasteiger partial charge in [-0.2, -0.15) is 0 Å². The lowest BCUT2D eigenvalue weighted by Crippen LogP contribution is -2.63. The number of aliphatic carboxylic acids is 2. The number of carbonyl (C=O) groups is 12. The van der Waals surface area contributed by atoms with E-state index in [-0.39, 0.29) is 50.3 Å². The van der Waals surface area contributed by atoms with Gasteiger partial charge in [-0.1, -0.05) is 64.4 Å². The molecule has 0 radical (unpaired) electrons. The van der Waals surface area contributed by atoms with Gasteiger partial charge in [0.15, 0.2) is 0 Å². The summed E-state index contributed by atoms with van der Waals surface area (Å²) in [5.74, 6) is -13.7. The number of aromatic amines is 1. The van der Waals surface area contributed by atoms with Crippen LogP contribution >= 0.6 is 0 Å². The van der Waals surface area contributed by atoms with E-state index in [9.17, 15) is 78.0 Å². The molecule has 0 aliphatic heterocycles. The van der Waals surface area contributed by atoms with Crippen molar-refractivity contribution in [3.8, 4) is 0 Å². The van der Waals surface area contributed by atoms with Gasteiger partial charge < -0.3 is 95.6 Å². The maximum Gasteiger partial charge on any atom is 0.326 e. The van der Waals surface area contributed by atoms with Crippen LogP contribution in [0, 0.1) is 11.8 Å². The van der Waals surface area contributed by atoms with E-state index < -0.39 is 175 Å². The molecule has 1 aromatic carbocycles. The number of amides is 10. The van der Waals surface area contributed by atoms with Crippen LogP contribution in [0.3, 0.4) is 0 Å². The van der Waals surface area contributed by atoms with Gasteiger partial charge in [0.2, 0.25) is 59.1 Å². The smallest absolute Gasteiger partial charge is 0.326 e. The minimum absolute atomic E-state index is 0.0354. The predicted molar refractivity (Wildman–Crippen MR) is 303 cm³/mol. The summed E-state index contributed by atoms with van der Waals surface area (Å²) in [5, 5.41) is 72.5. The zero-order valence-corrected chi connectivity index (χ0v) is 48.6. The number of nitrogens with one attached hydrogen (secondary N) is 10. The zero-order valence-electron chi connectivity index (χ0n) is 48.6. The molecule has 13 atom stereocenters. The van der Waals surface area contributed by atoms with E-state index in [0.29, 0.717) is 24.8 Å². The molecule has 31 heteroatoms. The number of aliphatic hydroxyl groups excluding tert-OH is 3. The second-order valence-electron chi connectivity index (χ2n) is 21.1. The van der Waals surface area contributed by atoms with Gasteiger partial charge >= 0.3 is 11.9 Å². The lowest BCUT2D eigenvalue weighted by molar-refractivity contribution is -0.144. The van der Waals surface area contributed by atoms with Gasteiger partial charge in [0.1, 0.15) is 54.4 Å². The number of carbonyl (C=O) groups excluding carboxylic acids is 10. The van der Waals surface area contributed by atoms with Crippen LogP contribution in [-0.4, -0.2) is 192 Å². The number of imidazole rings is 1. The SMILES string of the molecule is CC[C@H](C)[C@H](NC(=O)[C@H](CO)NC(=O)[C@H](Cc1ccccc1)NC(=O)[C@H](Cc1cnc[nH]1)NC(=O)[C@@H](NC(=O)[C@@H](NC(=O)[C@H](CCC(N)=O)NC(=O)[C@H](CC(C)C)NC(=O)[C@H](CCCCN)NC(=O)[C@@H](N)CCC(=O)O)[C@@H](C)O)[C@@H](C)O)C(=O)O. The standard InChI is InChI=1S/C54H86N14O17/c1-7-28(4)42(54(84)85)66-51(81)39(25-69)65-49(79)37(22-31-13-9-8-10-14-31)63-50(80)38(23-32-24-58-26-59-32)64-52(82)43(29(5)70)68-53(83)44(30(6)71)67-47(77)35(17-18-40(57)72)61-48(78)36(21-27(2)3)62-46(76)34(15-11-12-20-55)60-45(75)33(56)16-19-41(73)74/h8-10,13-14,24,26-30,33-39,42-44,69-71H,7,11-12,15-23,25,55-56H2,1-6H3,(H2,57,72)(H,58,59)(H,60,75)(H,61,78)(H,62,76)(H,63,80)(H,64,82)(H,65,79)(H,66,81)(H,67,77)(H,68,83)(H,73,74)(H,84,85)/t28-,29+,30+,33-,34-,35-,36-,37-,38-,39-,42-,43-,44-/m0/s1. The fraction of sp³-hybridized carbons (Fsp3) is 0.611. The van der Waals surface area contributed by atoms with E-state index in [4.69, 9.17) is 22.3 Å². The molecule has 0 aliphatic carbocycles. The molecule has 0 fully saturated rings. The third kappa shape index (κ3) is 26.1. The molecule has 1 aromatic heterocycles. The summed E-state index contributed by atoms with van der Waals surface area (Å²) in [6.45, 7) is 8.16. The van der Waals surface area contributed by atoms with Crippen molar-refractivity contribution in [3.63, 3.8) is 0 Å². The first kappa shape index (κ1) is 73.0. The first-order valence-corrected chi connectivity index (χ1v) is 27.9. The third-order valence-corrected chi connectivity index (χ3v) is 13.5. The van der Waals surface area contributed by atoms with Crippen molar-refractivity contribution < 1.29 is 83.1 Å². The second kappa shape index (κ2) is 37.2. The Morgan fingerprint density at radius 1 is 0.565 bits per heavy atom. The molecule has 2 aromatic rings. The fourth-order valence-electron chi connectivity index (χ4n) is 8.38. The van der Waals surface area contributed by atoms with Crippen LogP contribution in [0.4, 0.5) is 0 Å². The number of hydrogen-bond acceptors (Lipinski definition) is 18. The highest BCUT2D eigenvalue weighted by atomic mass is 16.4. The molecular formula is C54H86N14O17. The van der Waals surface area contributed by atoms with E-state index in [1.807, 2.05) is 0 Å². The molecule has 31 nitrogen and oxygen atoms in total. The number of primary amides is 1. The Labute approximate surface area is 491 Å². The van der Waals surface area contributed by atoms with E-state index in [1.54, 1.807) is 58.0 Å². The maximum absolute atomic E-state index is 14.3. The average Bonchev–Trinajstić information content (AvgIpc) is 4.15. The van der Waals surface area contributed by atoms with Crippen molar-refractivity contribution in [3.05, 3.63) is 54.1 Å².